The van der Waals surface area contributed by atoms with Crippen molar-refractivity contribution in [2.75, 3.05) is 20.8 Å². The number of hydrogen-bond donors (Lipinski definition) is 1. The summed E-state index contributed by atoms with van der Waals surface area (Å²) in [5, 5.41) is 4.62. The third-order valence-corrected chi connectivity index (χ3v) is 8.70. The highest BCUT2D eigenvalue weighted by Gasteiger charge is 2.62. The summed E-state index contributed by atoms with van der Waals surface area (Å²) in [5.41, 5.74) is 4.60. The first kappa shape index (κ1) is 22.4. The van der Waals surface area contributed by atoms with Crippen molar-refractivity contribution in [2.45, 2.75) is 39.3 Å². The Morgan fingerprint density at radius 3 is 2.46 bits per heavy atom. The number of benzene rings is 2. The number of fused-ring (bicyclic) bond motifs is 1. The van der Waals surface area contributed by atoms with Crippen molar-refractivity contribution in [3.8, 4) is 11.5 Å². The van der Waals surface area contributed by atoms with E-state index in [1.54, 1.807) is 14.2 Å². The van der Waals surface area contributed by atoms with Crippen molar-refractivity contribution < 1.29 is 9.47 Å². The predicted molar refractivity (Wildman–Crippen MR) is 139 cm³/mol. The normalized spacial score (nSPS) is 23.3. The summed E-state index contributed by atoms with van der Waals surface area (Å²) >= 11 is 0. The Hall–Kier alpha value is -3.05. The molecule has 3 aliphatic carbocycles. The van der Waals surface area contributed by atoms with E-state index >= 15 is 0 Å². The highest BCUT2D eigenvalue weighted by molar-refractivity contribution is 5.84. The van der Waals surface area contributed by atoms with Gasteiger partial charge in [-0.1, -0.05) is 42.0 Å². The third kappa shape index (κ3) is 3.77. The van der Waals surface area contributed by atoms with Gasteiger partial charge in [0.2, 0.25) is 0 Å². The highest BCUT2D eigenvalue weighted by atomic mass is 16.5. The first-order valence-electron chi connectivity index (χ1n) is 12.8. The van der Waals surface area contributed by atoms with E-state index in [1.807, 2.05) is 22.8 Å². The second kappa shape index (κ2) is 8.56. The number of nitrogens with one attached hydrogen (secondary N) is 1. The van der Waals surface area contributed by atoms with E-state index < -0.39 is 0 Å². The SMILES string of the molecule is COc1cc2cc(CNC[C@H]3C[C@@H]4C=C[C@@H]3C43CC3)c(=O)n(Cc3ccc(C)cc3)c2cc1OC. The number of ether oxygens (including phenoxy) is 2. The molecular formula is C30H34N2O3. The number of allylic oxidation sites excluding steroid dienone is 2. The van der Waals surface area contributed by atoms with E-state index in [1.165, 1.54) is 24.8 Å². The van der Waals surface area contributed by atoms with Crippen LogP contribution >= 0.6 is 0 Å². The number of hydrogen-bond acceptors (Lipinski definition) is 4. The summed E-state index contributed by atoms with van der Waals surface area (Å²) in [6.45, 7) is 4.13. The topological polar surface area (TPSA) is 52.5 Å². The van der Waals surface area contributed by atoms with Crippen LogP contribution in [0.15, 0.2) is 59.4 Å². The van der Waals surface area contributed by atoms with Gasteiger partial charge in [-0.25, -0.2) is 0 Å². The summed E-state index contributed by atoms with van der Waals surface area (Å²) in [4.78, 5) is 13.7. The van der Waals surface area contributed by atoms with Gasteiger partial charge in [0.05, 0.1) is 26.3 Å². The average Bonchev–Trinajstić information content (AvgIpc) is 3.54. The number of aryl methyl sites for hydroxylation is 1. The second-order valence-electron chi connectivity index (χ2n) is 10.7. The van der Waals surface area contributed by atoms with Gasteiger partial charge in [-0.2, -0.15) is 0 Å². The highest BCUT2D eigenvalue weighted by Crippen LogP contribution is 2.69. The Morgan fingerprint density at radius 2 is 1.77 bits per heavy atom. The van der Waals surface area contributed by atoms with Crippen molar-refractivity contribution in [3.63, 3.8) is 0 Å². The summed E-state index contributed by atoms with van der Waals surface area (Å²) in [6, 6.07) is 14.3. The molecule has 3 atom stereocenters. The van der Waals surface area contributed by atoms with E-state index in [-0.39, 0.29) is 5.56 Å². The molecule has 0 unspecified atom stereocenters. The molecule has 2 saturated carbocycles. The largest absolute Gasteiger partial charge is 0.493 e. The van der Waals surface area contributed by atoms with Gasteiger partial charge in [0.25, 0.3) is 5.56 Å². The minimum atomic E-state index is 0.0456. The smallest absolute Gasteiger partial charge is 0.255 e. The molecule has 0 amide bonds. The van der Waals surface area contributed by atoms with Crippen molar-refractivity contribution in [2.24, 2.45) is 23.2 Å². The number of methoxy groups -OCH3 is 2. The molecule has 0 radical (unpaired) electrons. The molecule has 2 fully saturated rings. The maximum Gasteiger partial charge on any atom is 0.255 e. The number of rotatable bonds is 8. The van der Waals surface area contributed by atoms with Crippen molar-refractivity contribution in [1.82, 2.24) is 9.88 Å². The van der Waals surface area contributed by atoms with E-state index in [0.29, 0.717) is 35.9 Å². The molecule has 0 aliphatic heterocycles. The summed E-state index contributed by atoms with van der Waals surface area (Å²) in [6.07, 6.45) is 9.01. The molecule has 1 aromatic heterocycles. The van der Waals surface area contributed by atoms with Crippen molar-refractivity contribution in [1.29, 1.82) is 0 Å². The van der Waals surface area contributed by atoms with Crippen LogP contribution in [0.5, 0.6) is 11.5 Å². The number of pyridine rings is 1. The fraction of sp³-hybridized carbons (Fsp3) is 0.433. The fourth-order valence-electron chi connectivity index (χ4n) is 6.67. The average molecular weight is 471 g/mol. The van der Waals surface area contributed by atoms with Gasteiger partial charge in [-0.15, -0.1) is 0 Å². The molecule has 182 valence electrons. The minimum Gasteiger partial charge on any atom is -0.493 e. The van der Waals surface area contributed by atoms with Crippen LogP contribution in [-0.2, 0) is 13.1 Å². The lowest BCUT2D eigenvalue weighted by Crippen LogP contribution is -2.31. The van der Waals surface area contributed by atoms with E-state index in [9.17, 15) is 4.79 Å². The van der Waals surface area contributed by atoms with Gasteiger partial charge in [0, 0.05) is 23.6 Å². The van der Waals surface area contributed by atoms with Crippen molar-refractivity contribution in [3.05, 3.63) is 81.7 Å². The standard InChI is InChI=1S/C30H34N2O3/c1-19-4-6-20(7-5-19)18-32-26-15-28(35-3)27(34-2)14-21(26)12-23(29(32)33)17-31-16-22-13-24-8-9-25(22)30(24)10-11-30/h4-9,12,14-15,22,24-25,31H,10-11,13,16-18H2,1-3H3/t22-,24+,25+/m1/s1. The summed E-state index contributed by atoms with van der Waals surface area (Å²) < 4.78 is 13.0. The van der Waals surface area contributed by atoms with E-state index in [0.717, 1.165) is 40.4 Å². The molecule has 1 spiro atoms. The van der Waals surface area contributed by atoms with Gasteiger partial charge in [0.15, 0.2) is 11.5 Å². The lowest BCUT2D eigenvalue weighted by molar-refractivity contribution is 0.350. The zero-order valence-electron chi connectivity index (χ0n) is 20.8. The molecule has 5 nitrogen and oxygen atoms in total. The van der Waals surface area contributed by atoms with Crippen LogP contribution in [0.1, 0.15) is 36.0 Å². The van der Waals surface area contributed by atoms with Crippen molar-refractivity contribution >= 4 is 10.9 Å². The number of aromatic nitrogens is 1. The Morgan fingerprint density at radius 1 is 1.03 bits per heavy atom. The van der Waals surface area contributed by atoms with Crippen LogP contribution < -0.4 is 20.3 Å². The Balaban J connectivity index is 1.31. The van der Waals surface area contributed by atoms with Crippen LogP contribution in [-0.4, -0.2) is 25.3 Å². The quantitative estimate of drug-likeness (QED) is 0.467. The van der Waals surface area contributed by atoms with Gasteiger partial charge in [-0.05, 0) is 73.6 Å². The van der Waals surface area contributed by atoms with Crippen LogP contribution in [0.25, 0.3) is 10.9 Å². The maximum atomic E-state index is 13.7. The molecular weight excluding hydrogens is 436 g/mol. The summed E-state index contributed by atoms with van der Waals surface area (Å²) in [5.74, 6) is 3.50. The van der Waals surface area contributed by atoms with Gasteiger partial charge in [-0.3, -0.25) is 4.79 Å². The maximum absolute atomic E-state index is 13.7. The van der Waals surface area contributed by atoms with Gasteiger partial charge >= 0.3 is 0 Å². The second-order valence-corrected chi connectivity index (χ2v) is 10.7. The zero-order chi connectivity index (χ0) is 24.2. The molecule has 5 heteroatoms. The van der Waals surface area contributed by atoms with Crippen LogP contribution in [0.3, 0.4) is 0 Å². The lowest BCUT2D eigenvalue weighted by atomic mass is 9.89. The minimum absolute atomic E-state index is 0.0456. The first-order chi connectivity index (χ1) is 17.0. The van der Waals surface area contributed by atoms with Gasteiger partial charge in [0.1, 0.15) is 0 Å². The van der Waals surface area contributed by atoms with E-state index in [4.69, 9.17) is 9.47 Å². The molecule has 2 aromatic carbocycles. The Kier molecular flexibility index (Phi) is 5.48. The molecule has 6 rings (SSSR count). The van der Waals surface area contributed by atoms with Crippen LogP contribution in [0.4, 0.5) is 0 Å². The molecule has 1 N–H and O–H groups in total. The molecule has 1 heterocycles. The zero-order valence-corrected chi connectivity index (χ0v) is 20.8. The molecule has 35 heavy (non-hydrogen) atoms. The first-order valence-corrected chi connectivity index (χ1v) is 12.8. The predicted octanol–water partition coefficient (Wildman–Crippen LogP) is 5.07. The van der Waals surface area contributed by atoms with Crippen LogP contribution in [0, 0.1) is 30.1 Å². The molecule has 2 bridgehead atoms. The molecule has 3 aliphatic rings. The van der Waals surface area contributed by atoms with Crippen LogP contribution in [0.2, 0.25) is 0 Å². The monoisotopic (exact) mass is 470 g/mol. The summed E-state index contributed by atoms with van der Waals surface area (Å²) in [7, 11) is 3.27. The number of nitrogens with zero attached hydrogens (tertiary/aromatic N) is 1. The lowest BCUT2D eigenvalue weighted by Gasteiger charge is -2.21. The molecule has 3 aromatic rings. The fourth-order valence-corrected chi connectivity index (χ4v) is 6.67. The Bertz CT molecular complexity index is 1350. The molecule has 0 saturated heterocycles. The van der Waals surface area contributed by atoms with Gasteiger partial charge < -0.3 is 19.4 Å². The van der Waals surface area contributed by atoms with E-state index in [2.05, 4.69) is 48.7 Å². The third-order valence-electron chi connectivity index (χ3n) is 8.70. The Labute approximate surface area is 206 Å².